The van der Waals surface area contributed by atoms with Crippen molar-refractivity contribution < 1.29 is 22.7 Å². The molecule has 0 unspecified atom stereocenters. The van der Waals surface area contributed by atoms with E-state index in [1.54, 1.807) is 28.4 Å². The van der Waals surface area contributed by atoms with Crippen molar-refractivity contribution >= 4 is 42.6 Å². The van der Waals surface area contributed by atoms with E-state index in [-0.39, 0.29) is 37.1 Å². The average Bonchev–Trinajstić information content (AvgIpc) is 3.31. The number of carbonyl (C=O) groups is 1. The van der Waals surface area contributed by atoms with Crippen LogP contribution in [0.4, 0.5) is 5.13 Å². The lowest BCUT2D eigenvalue weighted by Crippen LogP contribution is -2.48. The van der Waals surface area contributed by atoms with Crippen molar-refractivity contribution in [1.29, 1.82) is 0 Å². The largest absolute Gasteiger partial charge is 0.383 e. The molecular weight excluding hydrogens is 500 g/mol. The highest BCUT2D eigenvalue weighted by atomic mass is 32.2. The van der Waals surface area contributed by atoms with Gasteiger partial charge in [0.25, 0.3) is 5.91 Å². The van der Waals surface area contributed by atoms with Gasteiger partial charge in [0.1, 0.15) is 0 Å². The number of fused-ring (bicyclic) bond motifs is 1. The summed E-state index contributed by atoms with van der Waals surface area (Å²) in [5, 5.41) is 0.976. The molecule has 36 heavy (non-hydrogen) atoms. The topological polar surface area (TPSA) is 92.3 Å². The van der Waals surface area contributed by atoms with Gasteiger partial charge in [-0.3, -0.25) is 4.79 Å². The highest BCUT2D eigenvalue weighted by molar-refractivity contribution is 7.89. The lowest BCUT2D eigenvalue weighted by molar-refractivity contribution is 0.0746. The Hall–Kier alpha value is -2.57. The number of sulfonamides is 1. The van der Waals surface area contributed by atoms with E-state index in [4.69, 9.17) is 14.5 Å². The molecule has 2 aromatic carbocycles. The minimum absolute atomic E-state index is 0.103. The Balaban J connectivity index is 1.39. The molecule has 1 amide bonds. The van der Waals surface area contributed by atoms with Crippen LogP contribution >= 0.6 is 11.3 Å². The molecule has 3 aromatic rings. The molecule has 0 N–H and O–H groups in total. The Labute approximate surface area is 216 Å². The van der Waals surface area contributed by atoms with E-state index in [9.17, 15) is 13.2 Å². The normalized spacial score (nSPS) is 14.7. The monoisotopic (exact) mass is 532 g/mol. The van der Waals surface area contributed by atoms with Crippen molar-refractivity contribution in [3.8, 4) is 0 Å². The molecule has 0 spiro atoms. The SMILES string of the molecule is COCCN(CCOC)S(=O)(=O)c1ccc(C(=O)N2CCN(c3nc4ccc(C)cc4s3)CC2)cc1. The zero-order valence-electron chi connectivity index (χ0n) is 20.8. The first-order valence-electron chi connectivity index (χ1n) is 11.8. The number of piperazine rings is 1. The molecule has 0 radical (unpaired) electrons. The minimum atomic E-state index is -3.73. The summed E-state index contributed by atoms with van der Waals surface area (Å²) in [4.78, 5) is 22.0. The van der Waals surface area contributed by atoms with Crippen LogP contribution in [0.25, 0.3) is 10.2 Å². The molecule has 0 atom stereocenters. The number of rotatable bonds is 10. The second-order valence-electron chi connectivity index (χ2n) is 8.66. The Morgan fingerprint density at radius 1 is 1.00 bits per heavy atom. The van der Waals surface area contributed by atoms with Crippen molar-refractivity contribution in [2.45, 2.75) is 11.8 Å². The van der Waals surface area contributed by atoms with E-state index in [0.717, 1.165) is 10.6 Å². The van der Waals surface area contributed by atoms with Crippen LogP contribution in [0.2, 0.25) is 0 Å². The fourth-order valence-corrected chi connectivity index (χ4v) is 6.62. The first-order chi connectivity index (χ1) is 17.3. The number of carbonyl (C=O) groups excluding carboxylic acids is 1. The lowest BCUT2D eigenvalue weighted by Gasteiger charge is -2.34. The van der Waals surface area contributed by atoms with Crippen LogP contribution < -0.4 is 4.90 Å². The Morgan fingerprint density at radius 2 is 1.64 bits per heavy atom. The molecule has 1 saturated heterocycles. The van der Waals surface area contributed by atoms with Crippen molar-refractivity contribution in [3.63, 3.8) is 0 Å². The van der Waals surface area contributed by atoms with Gasteiger partial charge in [-0.15, -0.1) is 0 Å². The van der Waals surface area contributed by atoms with Gasteiger partial charge in [0.05, 0.1) is 28.3 Å². The third kappa shape index (κ3) is 5.87. The predicted octanol–water partition coefficient (Wildman–Crippen LogP) is 2.85. The second kappa shape index (κ2) is 11.7. The van der Waals surface area contributed by atoms with E-state index in [1.165, 1.54) is 40.9 Å². The van der Waals surface area contributed by atoms with Gasteiger partial charge >= 0.3 is 0 Å². The summed E-state index contributed by atoms with van der Waals surface area (Å²) in [5.74, 6) is -0.103. The number of nitrogens with zero attached hydrogens (tertiary/aromatic N) is 4. The quantitative estimate of drug-likeness (QED) is 0.397. The Kier molecular flexibility index (Phi) is 8.58. The Bertz CT molecular complexity index is 1280. The summed E-state index contributed by atoms with van der Waals surface area (Å²) >= 11 is 1.67. The standard InChI is InChI=1S/C25H32N4O5S2/c1-19-4-9-22-23(18-19)35-25(26-22)28-12-10-27(11-13-28)24(30)20-5-7-21(8-6-20)36(31,32)29(14-16-33-2)15-17-34-3/h4-9,18H,10-17H2,1-3H3. The number of ether oxygens (including phenoxy) is 2. The van der Waals surface area contributed by atoms with Crippen LogP contribution in [0.1, 0.15) is 15.9 Å². The average molecular weight is 533 g/mol. The van der Waals surface area contributed by atoms with E-state index < -0.39 is 10.0 Å². The number of aromatic nitrogens is 1. The minimum Gasteiger partial charge on any atom is -0.383 e. The van der Waals surface area contributed by atoms with Gasteiger partial charge in [-0.25, -0.2) is 13.4 Å². The fourth-order valence-electron chi connectivity index (χ4n) is 4.10. The van der Waals surface area contributed by atoms with Crippen molar-refractivity contribution in [2.24, 2.45) is 0 Å². The number of methoxy groups -OCH3 is 2. The first kappa shape index (κ1) is 26.5. The number of hydrogen-bond donors (Lipinski definition) is 0. The van der Waals surface area contributed by atoms with Crippen molar-refractivity contribution in [2.75, 3.05) is 71.6 Å². The molecule has 4 rings (SSSR count). The van der Waals surface area contributed by atoms with Crippen LogP contribution in [0.15, 0.2) is 47.4 Å². The summed E-state index contributed by atoms with van der Waals surface area (Å²) in [7, 11) is -0.671. The number of amides is 1. The smallest absolute Gasteiger partial charge is 0.253 e. The molecule has 1 fully saturated rings. The highest BCUT2D eigenvalue weighted by Crippen LogP contribution is 2.30. The first-order valence-corrected chi connectivity index (χ1v) is 14.1. The summed E-state index contributed by atoms with van der Waals surface area (Å²) in [6.07, 6.45) is 0. The summed E-state index contributed by atoms with van der Waals surface area (Å²) in [6, 6.07) is 12.4. The number of thiazole rings is 1. The molecule has 2 heterocycles. The molecule has 194 valence electrons. The molecule has 0 saturated carbocycles. The molecule has 1 aliphatic rings. The molecule has 11 heteroatoms. The van der Waals surface area contributed by atoms with Gasteiger partial charge in [-0.2, -0.15) is 4.31 Å². The number of anilines is 1. The van der Waals surface area contributed by atoms with E-state index in [1.807, 2.05) is 6.07 Å². The van der Waals surface area contributed by atoms with Crippen LogP contribution in [-0.2, 0) is 19.5 Å². The number of hydrogen-bond acceptors (Lipinski definition) is 8. The molecule has 0 bridgehead atoms. The van der Waals surface area contributed by atoms with E-state index in [0.29, 0.717) is 31.7 Å². The maximum atomic E-state index is 13.1. The fraction of sp³-hybridized carbons (Fsp3) is 0.440. The zero-order chi connectivity index (χ0) is 25.7. The molecule has 9 nitrogen and oxygen atoms in total. The van der Waals surface area contributed by atoms with Gasteiger partial charge < -0.3 is 19.3 Å². The summed E-state index contributed by atoms with van der Waals surface area (Å²) in [6.45, 7) is 5.64. The Morgan fingerprint density at radius 3 is 2.25 bits per heavy atom. The number of benzene rings is 2. The van der Waals surface area contributed by atoms with Gasteiger partial charge in [0.2, 0.25) is 10.0 Å². The maximum absolute atomic E-state index is 13.1. The van der Waals surface area contributed by atoms with Gasteiger partial charge in [0.15, 0.2) is 5.13 Å². The summed E-state index contributed by atoms with van der Waals surface area (Å²) in [5.41, 5.74) is 2.68. The lowest BCUT2D eigenvalue weighted by atomic mass is 10.2. The highest BCUT2D eigenvalue weighted by Gasteiger charge is 2.26. The molecule has 1 aromatic heterocycles. The predicted molar refractivity (Wildman–Crippen MR) is 141 cm³/mol. The van der Waals surface area contributed by atoms with E-state index >= 15 is 0 Å². The third-order valence-corrected chi connectivity index (χ3v) is 9.19. The van der Waals surface area contributed by atoms with Gasteiger partial charge in [0, 0.05) is 59.1 Å². The molecule has 1 aliphatic heterocycles. The zero-order valence-corrected chi connectivity index (χ0v) is 22.5. The molecular formula is C25H32N4O5S2. The van der Waals surface area contributed by atoms with Crippen LogP contribution in [0, 0.1) is 6.92 Å². The second-order valence-corrected chi connectivity index (χ2v) is 11.6. The third-order valence-electron chi connectivity index (χ3n) is 6.20. The van der Waals surface area contributed by atoms with Gasteiger partial charge in [-0.1, -0.05) is 17.4 Å². The van der Waals surface area contributed by atoms with Crippen molar-refractivity contribution in [1.82, 2.24) is 14.2 Å². The van der Waals surface area contributed by atoms with Crippen LogP contribution in [0.3, 0.4) is 0 Å². The van der Waals surface area contributed by atoms with Gasteiger partial charge in [-0.05, 0) is 48.9 Å². The molecule has 0 aliphatic carbocycles. The number of aryl methyl sites for hydroxylation is 1. The maximum Gasteiger partial charge on any atom is 0.253 e. The van der Waals surface area contributed by atoms with E-state index in [2.05, 4.69) is 24.0 Å². The van der Waals surface area contributed by atoms with Crippen LogP contribution in [0.5, 0.6) is 0 Å². The van der Waals surface area contributed by atoms with Crippen molar-refractivity contribution in [3.05, 3.63) is 53.6 Å². The summed E-state index contributed by atoms with van der Waals surface area (Å²) < 4.78 is 38.8. The van der Waals surface area contributed by atoms with Crippen LogP contribution in [-0.4, -0.2) is 95.2 Å².